The Morgan fingerprint density at radius 3 is 2.84 bits per heavy atom. The number of nitrogens with two attached hydrogens (primary N) is 1. The second kappa shape index (κ2) is 7.63. The largest absolute Gasteiger partial charge is 0.394 e. The van der Waals surface area contributed by atoms with E-state index in [1.54, 1.807) is 6.92 Å². The van der Waals surface area contributed by atoms with E-state index in [9.17, 15) is 8.42 Å². The average Bonchev–Trinajstić information content (AvgIpc) is 2.75. The molecule has 1 rings (SSSR count). The molecule has 4 N–H and O–H groups in total. The van der Waals surface area contributed by atoms with Crippen LogP contribution in [0.1, 0.15) is 13.3 Å². The lowest BCUT2D eigenvalue weighted by molar-refractivity contribution is 0.0922. The molecule has 0 atom stereocenters. The molecule has 0 aromatic carbocycles. The number of anilines is 2. The third kappa shape index (κ3) is 4.60. The van der Waals surface area contributed by atoms with Gasteiger partial charge < -0.3 is 20.9 Å². The molecular formula is C10H19N3O4S2. The van der Waals surface area contributed by atoms with Gasteiger partial charge in [-0.25, -0.2) is 8.42 Å². The molecule has 19 heavy (non-hydrogen) atoms. The van der Waals surface area contributed by atoms with E-state index in [1.807, 2.05) is 0 Å². The predicted molar refractivity (Wildman–Crippen MR) is 75.3 cm³/mol. The topological polar surface area (TPSA) is 115 Å². The van der Waals surface area contributed by atoms with Crippen molar-refractivity contribution in [1.29, 1.82) is 0 Å². The molecule has 0 saturated carbocycles. The van der Waals surface area contributed by atoms with Crippen LogP contribution in [0.25, 0.3) is 0 Å². The highest BCUT2D eigenvalue weighted by molar-refractivity contribution is 7.91. The lowest BCUT2D eigenvalue weighted by atomic mass is 10.4. The van der Waals surface area contributed by atoms with E-state index in [0.29, 0.717) is 31.2 Å². The number of aliphatic hydroxyl groups excluding tert-OH is 1. The van der Waals surface area contributed by atoms with Crippen LogP contribution in [0.2, 0.25) is 0 Å². The number of hydrogen-bond acceptors (Lipinski definition) is 8. The minimum absolute atomic E-state index is 0.00228. The first-order valence-corrected chi connectivity index (χ1v) is 8.36. The van der Waals surface area contributed by atoms with Crippen LogP contribution in [0.15, 0.2) is 4.90 Å². The van der Waals surface area contributed by atoms with Crippen molar-refractivity contribution in [3.63, 3.8) is 0 Å². The van der Waals surface area contributed by atoms with E-state index < -0.39 is 9.84 Å². The monoisotopic (exact) mass is 309 g/mol. The van der Waals surface area contributed by atoms with E-state index in [2.05, 4.69) is 9.69 Å². The molecule has 0 aliphatic rings. The molecule has 0 unspecified atom stereocenters. The molecular weight excluding hydrogens is 290 g/mol. The Balaban J connectivity index is 2.56. The minimum atomic E-state index is -3.37. The summed E-state index contributed by atoms with van der Waals surface area (Å²) in [6, 6.07) is 0. The van der Waals surface area contributed by atoms with Crippen LogP contribution in [-0.4, -0.2) is 50.0 Å². The highest BCUT2D eigenvalue weighted by atomic mass is 32.2. The third-order valence-electron chi connectivity index (χ3n) is 2.35. The Morgan fingerprint density at radius 2 is 2.21 bits per heavy atom. The Bertz CT molecular complexity index is 487. The first kappa shape index (κ1) is 16.2. The maximum atomic E-state index is 11.9. The molecule has 0 aliphatic heterocycles. The molecule has 1 aromatic heterocycles. The summed E-state index contributed by atoms with van der Waals surface area (Å²) < 4.78 is 32.7. The van der Waals surface area contributed by atoms with E-state index in [4.69, 9.17) is 15.6 Å². The fourth-order valence-electron chi connectivity index (χ4n) is 1.39. The Hall–Kier alpha value is -0.900. The van der Waals surface area contributed by atoms with Crippen molar-refractivity contribution in [2.75, 3.05) is 43.2 Å². The first-order valence-electron chi connectivity index (χ1n) is 5.93. The normalized spacial score (nSPS) is 11.7. The van der Waals surface area contributed by atoms with Gasteiger partial charge in [-0.05, 0) is 18.0 Å². The Labute approximate surface area is 116 Å². The summed E-state index contributed by atoms with van der Waals surface area (Å²) in [5.74, 6) is 0.0371. The zero-order chi connectivity index (χ0) is 14.3. The molecule has 0 bridgehead atoms. The summed E-state index contributed by atoms with van der Waals surface area (Å²) in [5.41, 5.74) is 5.60. The number of hydrogen-bond donors (Lipinski definition) is 3. The third-order valence-corrected chi connectivity index (χ3v) is 5.10. The van der Waals surface area contributed by atoms with E-state index in [-0.39, 0.29) is 23.1 Å². The number of aliphatic hydroxyl groups is 1. The summed E-state index contributed by atoms with van der Waals surface area (Å²) in [4.78, 5) is 0.0938. The summed E-state index contributed by atoms with van der Waals surface area (Å²) in [5, 5.41) is 12.0. The van der Waals surface area contributed by atoms with Crippen LogP contribution in [0.5, 0.6) is 0 Å². The predicted octanol–water partition coefficient (Wildman–Crippen LogP) is 0.330. The van der Waals surface area contributed by atoms with Gasteiger partial charge in [0.1, 0.15) is 9.90 Å². The fraction of sp³-hybridized carbons (Fsp3) is 0.700. The quantitative estimate of drug-likeness (QED) is 0.563. The molecule has 0 saturated heterocycles. The second-order valence-corrected chi connectivity index (χ2v) is 6.73. The van der Waals surface area contributed by atoms with Gasteiger partial charge in [0.15, 0.2) is 15.7 Å². The second-order valence-electron chi connectivity index (χ2n) is 3.75. The molecule has 9 heteroatoms. The molecule has 0 aliphatic carbocycles. The van der Waals surface area contributed by atoms with Crippen LogP contribution in [0, 0.1) is 0 Å². The van der Waals surface area contributed by atoms with Gasteiger partial charge in [-0.3, -0.25) is 0 Å². The van der Waals surface area contributed by atoms with Crippen LogP contribution in [-0.2, 0) is 14.6 Å². The van der Waals surface area contributed by atoms with Gasteiger partial charge in [-0.2, -0.15) is 4.37 Å². The number of aromatic nitrogens is 1. The molecule has 0 spiro atoms. The molecule has 0 amide bonds. The lowest BCUT2D eigenvalue weighted by Crippen LogP contribution is -2.11. The van der Waals surface area contributed by atoms with Gasteiger partial charge >= 0.3 is 0 Å². The van der Waals surface area contributed by atoms with E-state index >= 15 is 0 Å². The van der Waals surface area contributed by atoms with Crippen LogP contribution in [0.3, 0.4) is 0 Å². The molecule has 1 aromatic rings. The van der Waals surface area contributed by atoms with Crippen LogP contribution < -0.4 is 11.1 Å². The van der Waals surface area contributed by atoms with Gasteiger partial charge in [0.2, 0.25) is 0 Å². The van der Waals surface area contributed by atoms with Gasteiger partial charge in [-0.1, -0.05) is 6.92 Å². The Morgan fingerprint density at radius 1 is 1.47 bits per heavy atom. The summed E-state index contributed by atoms with van der Waals surface area (Å²) in [6.45, 7) is 2.93. The molecule has 7 nitrogen and oxygen atoms in total. The number of sulfone groups is 1. The summed E-state index contributed by atoms with van der Waals surface area (Å²) >= 11 is 1.04. The first-order chi connectivity index (χ1) is 9.03. The van der Waals surface area contributed by atoms with Crippen molar-refractivity contribution in [1.82, 2.24) is 4.37 Å². The molecule has 1 heterocycles. The van der Waals surface area contributed by atoms with Crippen molar-refractivity contribution < 1.29 is 18.3 Å². The lowest BCUT2D eigenvalue weighted by Gasteiger charge is -2.07. The average molecular weight is 309 g/mol. The van der Waals surface area contributed by atoms with Crippen LogP contribution >= 0.6 is 11.5 Å². The number of rotatable bonds is 9. The Kier molecular flexibility index (Phi) is 6.49. The van der Waals surface area contributed by atoms with Crippen molar-refractivity contribution in [3.05, 3.63) is 0 Å². The van der Waals surface area contributed by atoms with Gasteiger partial charge in [0.05, 0.1) is 19.0 Å². The standard InChI is InChI=1S/C10H19N3O4S2/c1-2-19(15,16)8-9(11)13-18-10(8)12-4-3-6-17-7-5-14/h12,14H,2-7H2,1H3,(H2,11,13). The van der Waals surface area contributed by atoms with Gasteiger partial charge in [0.25, 0.3) is 0 Å². The number of ether oxygens (including phenoxy) is 1. The molecule has 110 valence electrons. The SMILES string of the molecule is CCS(=O)(=O)c1c(N)nsc1NCCCOCCO. The zero-order valence-electron chi connectivity index (χ0n) is 10.8. The highest BCUT2D eigenvalue weighted by Crippen LogP contribution is 2.32. The summed E-state index contributed by atoms with van der Waals surface area (Å²) in [6.07, 6.45) is 0.698. The number of nitrogens with one attached hydrogen (secondary N) is 1. The van der Waals surface area contributed by atoms with Crippen molar-refractivity contribution in [2.24, 2.45) is 0 Å². The van der Waals surface area contributed by atoms with E-state index in [1.165, 1.54) is 0 Å². The van der Waals surface area contributed by atoms with E-state index in [0.717, 1.165) is 11.5 Å². The molecule has 0 fully saturated rings. The fourth-order valence-corrected chi connectivity index (χ4v) is 3.59. The van der Waals surface area contributed by atoms with Gasteiger partial charge in [0, 0.05) is 13.2 Å². The zero-order valence-corrected chi connectivity index (χ0v) is 12.4. The van der Waals surface area contributed by atoms with Crippen LogP contribution in [0.4, 0.5) is 10.8 Å². The minimum Gasteiger partial charge on any atom is -0.394 e. The highest BCUT2D eigenvalue weighted by Gasteiger charge is 2.23. The number of nitrogen functional groups attached to an aromatic ring is 1. The van der Waals surface area contributed by atoms with Crippen molar-refractivity contribution in [3.8, 4) is 0 Å². The maximum absolute atomic E-state index is 11.9. The summed E-state index contributed by atoms with van der Waals surface area (Å²) in [7, 11) is -3.37. The maximum Gasteiger partial charge on any atom is 0.184 e. The van der Waals surface area contributed by atoms with Gasteiger partial charge in [-0.15, -0.1) is 0 Å². The smallest absolute Gasteiger partial charge is 0.184 e. The van der Waals surface area contributed by atoms with Crippen molar-refractivity contribution >= 4 is 32.2 Å². The molecule has 0 radical (unpaired) electrons. The van der Waals surface area contributed by atoms with Crippen molar-refractivity contribution in [2.45, 2.75) is 18.2 Å². The number of nitrogens with zero attached hydrogens (tertiary/aromatic N) is 1.